The summed E-state index contributed by atoms with van der Waals surface area (Å²) in [5, 5.41) is 3.59. The zero-order valence-electron chi connectivity index (χ0n) is 8.71. The molecule has 1 heterocycles. The van der Waals surface area contributed by atoms with Gasteiger partial charge in [0.1, 0.15) is 0 Å². The van der Waals surface area contributed by atoms with Crippen LogP contribution in [0.2, 0.25) is 0 Å². The largest absolute Gasteiger partial charge is 0.328 e. The zero-order chi connectivity index (χ0) is 10.7. The number of halogens is 1. The Morgan fingerprint density at radius 1 is 1.47 bits per heavy atom. The van der Waals surface area contributed by atoms with Crippen molar-refractivity contribution in [2.24, 2.45) is 5.73 Å². The van der Waals surface area contributed by atoms with Gasteiger partial charge in [-0.2, -0.15) is 0 Å². The van der Waals surface area contributed by atoms with Crippen LogP contribution in [0.3, 0.4) is 0 Å². The monoisotopic (exact) mass is 288 g/mol. The first-order valence-electron chi connectivity index (χ1n) is 5.47. The van der Waals surface area contributed by atoms with Crippen molar-refractivity contribution in [1.82, 2.24) is 5.32 Å². The van der Waals surface area contributed by atoms with Crippen LogP contribution in [-0.2, 0) is 6.54 Å². The molecule has 2 nitrogen and oxygen atoms in total. The summed E-state index contributed by atoms with van der Waals surface area (Å²) in [7, 11) is 0. The molecule has 1 aromatic heterocycles. The van der Waals surface area contributed by atoms with E-state index >= 15 is 0 Å². The number of thiophene rings is 1. The second kappa shape index (κ2) is 5.43. The Kier molecular flexibility index (Phi) is 4.20. The second-order valence-corrected chi connectivity index (χ2v) is 6.76. The third kappa shape index (κ3) is 3.55. The number of nitrogens with two attached hydrogens (primary N) is 1. The molecule has 15 heavy (non-hydrogen) atoms. The van der Waals surface area contributed by atoms with E-state index in [2.05, 4.69) is 33.4 Å². The van der Waals surface area contributed by atoms with E-state index in [-0.39, 0.29) is 0 Å². The summed E-state index contributed by atoms with van der Waals surface area (Å²) >= 11 is 5.28. The molecule has 1 fully saturated rings. The third-order valence-corrected chi connectivity index (χ3v) is 4.53. The highest BCUT2D eigenvalue weighted by atomic mass is 79.9. The minimum Gasteiger partial charge on any atom is -0.328 e. The van der Waals surface area contributed by atoms with Gasteiger partial charge < -0.3 is 11.1 Å². The molecule has 1 aliphatic carbocycles. The average Bonchev–Trinajstić information content (AvgIpc) is 2.62. The van der Waals surface area contributed by atoms with Crippen LogP contribution in [-0.4, -0.2) is 12.1 Å². The molecule has 2 atom stereocenters. The van der Waals surface area contributed by atoms with Gasteiger partial charge in [0.2, 0.25) is 0 Å². The number of rotatable bonds is 3. The van der Waals surface area contributed by atoms with E-state index in [0.717, 1.165) is 13.0 Å². The molecule has 84 valence electrons. The predicted molar refractivity (Wildman–Crippen MR) is 69.1 cm³/mol. The van der Waals surface area contributed by atoms with E-state index < -0.39 is 0 Å². The lowest BCUT2D eigenvalue weighted by Gasteiger charge is -2.27. The highest BCUT2D eigenvalue weighted by molar-refractivity contribution is 9.11. The molecule has 0 spiro atoms. The second-order valence-electron chi connectivity index (χ2n) is 4.21. The first kappa shape index (κ1) is 11.6. The summed E-state index contributed by atoms with van der Waals surface area (Å²) in [6.45, 7) is 0.980. The highest BCUT2D eigenvalue weighted by Crippen LogP contribution is 2.23. The summed E-state index contributed by atoms with van der Waals surface area (Å²) in [5.74, 6) is 0. The SMILES string of the molecule is NC1CCCC(NCc2ccc(Br)s2)C1. The van der Waals surface area contributed by atoms with E-state index in [1.807, 2.05) is 0 Å². The molecule has 0 aliphatic heterocycles. The smallest absolute Gasteiger partial charge is 0.0701 e. The number of hydrogen-bond acceptors (Lipinski definition) is 3. The van der Waals surface area contributed by atoms with Crippen LogP contribution in [0.1, 0.15) is 30.6 Å². The fraction of sp³-hybridized carbons (Fsp3) is 0.636. The minimum absolute atomic E-state index is 0.409. The fourth-order valence-electron chi connectivity index (χ4n) is 2.10. The van der Waals surface area contributed by atoms with Gasteiger partial charge in [-0.05, 0) is 47.3 Å². The maximum atomic E-state index is 5.95. The molecule has 4 heteroatoms. The van der Waals surface area contributed by atoms with Gasteiger partial charge >= 0.3 is 0 Å². The Labute approximate surface area is 103 Å². The van der Waals surface area contributed by atoms with Crippen LogP contribution in [0.4, 0.5) is 0 Å². The first-order chi connectivity index (χ1) is 7.24. The van der Waals surface area contributed by atoms with E-state index in [9.17, 15) is 0 Å². The van der Waals surface area contributed by atoms with Crippen molar-refractivity contribution in [3.8, 4) is 0 Å². The summed E-state index contributed by atoms with van der Waals surface area (Å²) < 4.78 is 1.21. The van der Waals surface area contributed by atoms with E-state index in [4.69, 9.17) is 5.73 Å². The lowest BCUT2D eigenvalue weighted by atomic mass is 9.92. The molecule has 1 aromatic rings. The van der Waals surface area contributed by atoms with Crippen molar-refractivity contribution < 1.29 is 0 Å². The molecule has 0 aromatic carbocycles. The van der Waals surface area contributed by atoms with Crippen LogP contribution in [0.5, 0.6) is 0 Å². The molecular formula is C11H17BrN2S. The van der Waals surface area contributed by atoms with Crippen LogP contribution < -0.4 is 11.1 Å². The molecule has 0 bridgehead atoms. The Bertz CT molecular complexity index is 313. The van der Waals surface area contributed by atoms with Crippen LogP contribution in [0, 0.1) is 0 Å². The van der Waals surface area contributed by atoms with Gasteiger partial charge in [0, 0.05) is 23.5 Å². The molecule has 2 unspecified atom stereocenters. The molecule has 0 radical (unpaired) electrons. The Hall–Kier alpha value is 0.1000. The Balaban J connectivity index is 1.77. The van der Waals surface area contributed by atoms with Gasteiger partial charge in [-0.3, -0.25) is 0 Å². The van der Waals surface area contributed by atoms with Gasteiger partial charge in [-0.1, -0.05) is 6.42 Å². The zero-order valence-corrected chi connectivity index (χ0v) is 11.1. The Morgan fingerprint density at radius 3 is 3.00 bits per heavy atom. The lowest BCUT2D eigenvalue weighted by molar-refractivity contribution is 0.339. The van der Waals surface area contributed by atoms with Gasteiger partial charge in [0.15, 0.2) is 0 Å². The van der Waals surface area contributed by atoms with E-state index in [0.29, 0.717) is 12.1 Å². The van der Waals surface area contributed by atoms with Crippen LogP contribution in [0.25, 0.3) is 0 Å². The fourth-order valence-corrected chi connectivity index (χ4v) is 3.54. The number of nitrogens with one attached hydrogen (secondary N) is 1. The van der Waals surface area contributed by atoms with Crippen LogP contribution in [0.15, 0.2) is 15.9 Å². The van der Waals surface area contributed by atoms with Crippen molar-refractivity contribution >= 4 is 27.3 Å². The molecule has 0 saturated heterocycles. The quantitative estimate of drug-likeness (QED) is 0.898. The van der Waals surface area contributed by atoms with Crippen molar-refractivity contribution in [3.63, 3.8) is 0 Å². The molecular weight excluding hydrogens is 272 g/mol. The normalized spacial score (nSPS) is 26.8. The Morgan fingerprint density at radius 2 is 2.33 bits per heavy atom. The number of hydrogen-bond donors (Lipinski definition) is 2. The lowest BCUT2D eigenvalue weighted by Crippen LogP contribution is -2.38. The van der Waals surface area contributed by atoms with E-state index in [1.54, 1.807) is 11.3 Å². The van der Waals surface area contributed by atoms with Crippen molar-refractivity contribution in [2.45, 2.75) is 44.3 Å². The molecule has 1 saturated carbocycles. The molecule has 2 rings (SSSR count). The standard InChI is InChI=1S/C11H17BrN2S/c12-11-5-4-10(15-11)7-14-9-3-1-2-8(13)6-9/h4-5,8-9,14H,1-3,6-7,13H2. The topological polar surface area (TPSA) is 38.0 Å². The third-order valence-electron chi connectivity index (χ3n) is 2.91. The molecule has 1 aliphatic rings. The van der Waals surface area contributed by atoms with Gasteiger partial charge in [0.25, 0.3) is 0 Å². The van der Waals surface area contributed by atoms with Gasteiger partial charge in [0.05, 0.1) is 3.79 Å². The van der Waals surface area contributed by atoms with Gasteiger partial charge in [-0.25, -0.2) is 0 Å². The van der Waals surface area contributed by atoms with Crippen molar-refractivity contribution in [2.75, 3.05) is 0 Å². The van der Waals surface area contributed by atoms with E-state index in [1.165, 1.54) is 27.9 Å². The highest BCUT2D eigenvalue weighted by Gasteiger charge is 2.18. The summed E-state index contributed by atoms with van der Waals surface area (Å²) in [6.07, 6.45) is 4.88. The van der Waals surface area contributed by atoms with Crippen molar-refractivity contribution in [1.29, 1.82) is 0 Å². The van der Waals surface area contributed by atoms with Crippen molar-refractivity contribution in [3.05, 3.63) is 20.8 Å². The summed E-state index contributed by atoms with van der Waals surface area (Å²) in [4.78, 5) is 1.39. The molecule has 3 N–H and O–H groups in total. The van der Waals surface area contributed by atoms with Gasteiger partial charge in [-0.15, -0.1) is 11.3 Å². The van der Waals surface area contributed by atoms with Crippen LogP contribution >= 0.6 is 27.3 Å². The maximum Gasteiger partial charge on any atom is 0.0701 e. The average molecular weight is 289 g/mol. The minimum atomic E-state index is 0.409. The maximum absolute atomic E-state index is 5.95. The molecule has 0 amide bonds. The summed E-state index contributed by atoms with van der Waals surface area (Å²) in [5.41, 5.74) is 5.95. The first-order valence-corrected chi connectivity index (χ1v) is 7.08. The summed E-state index contributed by atoms with van der Waals surface area (Å²) in [6, 6.07) is 5.31. The predicted octanol–water partition coefficient (Wildman–Crippen LogP) is 2.87.